The monoisotopic (exact) mass is 266 g/mol. The van der Waals surface area contributed by atoms with Gasteiger partial charge in [0.25, 0.3) is 0 Å². The molecule has 0 aliphatic carbocycles. The molecule has 0 aliphatic heterocycles. The smallest absolute Gasteiger partial charge is 0.303 e. The molecule has 0 unspecified atom stereocenters. The molecule has 0 aromatic heterocycles. The van der Waals surface area contributed by atoms with Crippen LogP contribution in [0.3, 0.4) is 0 Å². The van der Waals surface area contributed by atoms with Gasteiger partial charge >= 0.3 is 5.97 Å². The maximum atomic E-state index is 12.3. The molecule has 0 radical (unpaired) electrons. The Bertz CT molecular complexity index is 468. The number of hydrogen-bond donors (Lipinski definition) is 0. The molecule has 0 saturated carbocycles. The van der Waals surface area contributed by atoms with Gasteiger partial charge in [0, 0.05) is 18.6 Å². The molecule has 0 atom stereocenters. The van der Waals surface area contributed by atoms with E-state index in [1.165, 1.54) is 21.1 Å². The second kappa shape index (κ2) is 5.73. The zero-order chi connectivity index (χ0) is 14.6. The van der Waals surface area contributed by atoms with Gasteiger partial charge in [-0.15, -0.1) is 0 Å². The predicted molar refractivity (Wildman–Crippen MR) is 69.7 cm³/mol. The van der Waals surface area contributed by atoms with E-state index in [4.69, 9.17) is 14.2 Å². The van der Waals surface area contributed by atoms with E-state index in [0.29, 0.717) is 17.1 Å². The van der Waals surface area contributed by atoms with Gasteiger partial charge in [-0.1, -0.05) is 0 Å². The van der Waals surface area contributed by atoms with Crippen LogP contribution in [-0.2, 0) is 9.53 Å². The second-order valence-electron chi connectivity index (χ2n) is 4.53. The molecule has 0 N–H and O–H groups in total. The molecule has 0 heterocycles. The number of carbonyl (C=O) groups excluding carboxylic acids is 2. The summed E-state index contributed by atoms with van der Waals surface area (Å²) in [5.41, 5.74) is -0.870. The number of hydrogen-bond acceptors (Lipinski definition) is 5. The molecule has 104 valence electrons. The van der Waals surface area contributed by atoms with Crippen LogP contribution in [0, 0.1) is 0 Å². The van der Waals surface area contributed by atoms with Gasteiger partial charge in [-0.2, -0.15) is 0 Å². The molecule has 1 rings (SSSR count). The molecule has 0 saturated heterocycles. The van der Waals surface area contributed by atoms with E-state index in [-0.39, 0.29) is 5.78 Å². The topological polar surface area (TPSA) is 61.8 Å². The molecule has 0 fully saturated rings. The number of rotatable bonds is 5. The Morgan fingerprint density at radius 2 is 1.47 bits per heavy atom. The Hall–Kier alpha value is -2.04. The third kappa shape index (κ3) is 3.71. The molecular formula is C14H18O5. The van der Waals surface area contributed by atoms with Crippen LogP contribution in [-0.4, -0.2) is 31.6 Å². The summed E-state index contributed by atoms with van der Waals surface area (Å²) in [5, 5.41) is 0. The minimum Gasteiger partial charge on any atom is -0.497 e. The van der Waals surface area contributed by atoms with Crippen molar-refractivity contribution in [1.82, 2.24) is 0 Å². The van der Waals surface area contributed by atoms with Gasteiger partial charge in [0.1, 0.15) is 11.5 Å². The fourth-order valence-electron chi connectivity index (χ4n) is 1.69. The summed E-state index contributed by atoms with van der Waals surface area (Å²) in [7, 11) is 3.00. The van der Waals surface area contributed by atoms with Gasteiger partial charge in [0.2, 0.25) is 5.78 Å². The Labute approximate surface area is 112 Å². The molecule has 5 nitrogen and oxygen atoms in total. The van der Waals surface area contributed by atoms with Gasteiger partial charge < -0.3 is 14.2 Å². The van der Waals surface area contributed by atoms with Crippen LogP contribution in [0.25, 0.3) is 0 Å². The van der Waals surface area contributed by atoms with Gasteiger partial charge in [0.15, 0.2) is 5.60 Å². The van der Waals surface area contributed by atoms with Crippen molar-refractivity contribution in [3.8, 4) is 11.5 Å². The highest BCUT2D eigenvalue weighted by Crippen LogP contribution is 2.26. The van der Waals surface area contributed by atoms with Gasteiger partial charge in [-0.3, -0.25) is 9.59 Å². The summed E-state index contributed by atoms with van der Waals surface area (Å²) < 4.78 is 15.2. The Balaban J connectivity index is 3.14. The van der Waals surface area contributed by atoms with Crippen LogP contribution in [0.5, 0.6) is 11.5 Å². The van der Waals surface area contributed by atoms with Crippen LogP contribution in [0.15, 0.2) is 18.2 Å². The van der Waals surface area contributed by atoms with E-state index in [9.17, 15) is 9.59 Å². The lowest BCUT2D eigenvalue weighted by Gasteiger charge is -2.23. The first-order chi connectivity index (χ1) is 8.80. The lowest BCUT2D eigenvalue weighted by Crippen LogP contribution is -2.36. The maximum absolute atomic E-state index is 12.3. The van der Waals surface area contributed by atoms with E-state index in [2.05, 4.69) is 0 Å². The predicted octanol–water partition coefficient (Wildman–Crippen LogP) is 2.23. The van der Waals surface area contributed by atoms with Gasteiger partial charge in [-0.25, -0.2) is 0 Å². The molecule has 5 heteroatoms. The van der Waals surface area contributed by atoms with Crippen LogP contribution < -0.4 is 9.47 Å². The van der Waals surface area contributed by atoms with Crippen molar-refractivity contribution in [2.45, 2.75) is 26.4 Å². The molecule has 0 aliphatic rings. The number of carbonyl (C=O) groups is 2. The Kier molecular flexibility index (Phi) is 4.53. The van der Waals surface area contributed by atoms with Crippen molar-refractivity contribution in [3.05, 3.63) is 23.8 Å². The highest BCUT2D eigenvalue weighted by Gasteiger charge is 2.32. The third-order valence-electron chi connectivity index (χ3n) is 2.56. The lowest BCUT2D eigenvalue weighted by atomic mass is 9.96. The van der Waals surface area contributed by atoms with Crippen molar-refractivity contribution in [2.75, 3.05) is 14.2 Å². The van der Waals surface area contributed by atoms with Gasteiger partial charge in [0.05, 0.1) is 14.2 Å². The number of ether oxygens (including phenoxy) is 3. The Morgan fingerprint density at radius 3 is 1.84 bits per heavy atom. The number of ketones is 1. The zero-order valence-corrected chi connectivity index (χ0v) is 11.8. The van der Waals surface area contributed by atoms with E-state index in [0.717, 1.165) is 0 Å². The van der Waals surface area contributed by atoms with Crippen molar-refractivity contribution < 1.29 is 23.8 Å². The van der Waals surface area contributed by atoms with Crippen LogP contribution in [0.2, 0.25) is 0 Å². The fraction of sp³-hybridized carbons (Fsp3) is 0.429. The standard InChI is InChI=1S/C14H18O5/c1-9(15)19-14(2,3)13(16)10-6-11(17-4)8-12(7-10)18-5/h6-8H,1-5H3. The van der Waals surface area contributed by atoms with Crippen LogP contribution in [0.1, 0.15) is 31.1 Å². The summed E-state index contributed by atoms with van der Waals surface area (Å²) in [6, 6.07) is 4.82. The van der Waals surface area contributed by atoms with E-state index < -0.39 is 11.6 Å². The fourth-order valence-corrected chi connectivity index (χ4v) is 1.69. The molecule has 0 bridgehead atoms. The third-order valence-corrected chi connectivity index (χ3v) is 2.56. The average molecular weight is 266 g/mol. The first kappa shape index (κ1) is 15.0. The van der Waals surface area contributed by atoms with Crippen molar-refractivity contribution in [1.29, 1.82) is 0 Å². The average Bonchev–Trinajstić information content (AvgIpc) is 2.35. The maximum Gasteiger partial charge on any atom is 0.303 e. The quantitative estimate of drug-likeness (QED) is 0.604. The number of esters is 1. The number of benzene rings is 1. The highest BCUT2D eigenvalue weighted by molar-refractivity contribution is 6.03. The summed E-state index contributed by atoms with van der Waals surface area (Å²) >= 11 is 0. The number of Topliss-reactive ketones (excluding diaryl/α,β-unsaturated/α-hetero) is 1. The Morgan fingerprint density at radius 1 is 1.00 bits per heavy atom. The summed E-state index contributed by atoms with van der Waals surface area (Å²) in [6.45, 7) is 4.35. The van der Waals surface area contributed by atoms with E-state index >= 15 is 0 Å². The van der Waals surface area contributed by atoms with Crippen LogP contribution in [0.4, 0.5) is 0 Å². The largest absolute Gasteiger partial charge is 0.497 e. The van der Waals surface area contributed by atoms with Crippen molar-refractivity contribution in [2.24, 2.45) is 0 Å². The molecular weight excluding hydrogens is 248 g/mol. The lowest BCUT2D eigenvalue weighted by molar-refractivity contribution is -0.149. The van der Waals surface area contributed by atoms with Gasteiger partial charge in [-0.05, 0) is 26.0 Å². The minimum atomic E-state index is -1.23. The van der Waals surface area contributed by atoms with Crippen molar-refractivity contribution >= 4 is 11.8 Å². The summed E-state index contributed by atoms with van der Waals surface area (Å²) in [4.78, 5) is 23.4. The van der Waals surface area contributed by atoms with E-state index in [1.54, 1.807) is 32.0 Å². The molecule has 0 amide bonds. The first-order valence-corrected chi connectivity index (χ1v) is 5.77. The molecule has 19 heavy (non-hydrogen) atoms. The molecule has 1 aromatic rings. The first-order valence-electron chi connectivity index (χ1n) is 5.77. The minimum absolute atomic E-state index is 0.320. The van der Waals surface area contributed by atoms with E-state index in [1.807, 2.05) is 0 Å². The zero-order valence-electron chi connectivity index (χ0n) is 11.8. The highest BCUT2D eigenvalue weighted by atomic mass is 16.6. The van der Waals surface area contributed by atoms with Crippen molar-refractivity contribution in [3.63, 3.8) is 0 Å². The summed E-state index contributed by atoms with van der Waals surface area (Å²) in [6.07, 6.45) is 0. The molecule has 1 aromatic carbocycles. The second-order valence-corrected chi connectivity index (χ2v) is 4.53. The summed E-state index contributed by atoms with van der Waals surface area (Å²) in [5.74, 6) is 0.177. The molecule has 0 spiro atoms. The number of methoxy groups -OCH3 is 2. The van der Waals surface area contributed by atoms with Crippen LogP contribution >= 0.6 is 0 Å². The normalized spacial score (nSPS) is 10.8. The SMILES string of the molecule is COc1cc(OC)cc(C(=O)C(C)(C)OC(C)=O)c1.